The van der Waals surface area contributed by atoms with Crippen molar-refractivity contribution in [1.29, 1.82) is 0 Å². The molecule has 0 bridgehead atoms. The molecule has 0 aliphatic carbocycles. The molecule has 5 nitrogen and oxygen atoms in total. The van der Waals surface area contributed by atoms with Crippen LogP contribution in [0.5, 0.6) is 5.75 Å². The first-order chi connectivity index (χ1) is 10.3. The zero-order valence-electron chi connectivity index (χ0n) is 12.2. The van der Waals surface area contributed by atoms with Crippen molar-refractivity contribution < 1.29 is 22.7 Å². The standard InChI is InChI=1S/C14H18F3N3O2/c1-22-12-8-10(2-3-11(12)18)13(21)20-6-4-19(5-7-20)9-14(15,16)17/h2-3,8H,4-7,9,18H2,1H3. The van der Waals surface area contributed by atoms with Crippen molar-refractivity contribution in [2.24, 2.45) is 0 Å². The third-order valence-electron chi connectivity index (χ3n) is 3.54. The summed E-state index contributed by atoms with van der Waals surface area (Å²) in [4.78, 5) is 15.2. The number of hydrogen-bond acceptors (Lipinski definition) is 4. The quantitative estimate of drug-likeness (QED) is 0.860. The van der Waals surface area contributed by atoms with Crippen molar-refractivity contribution in [3.63, 3.8) is 0 Å². The molecule has 1 aromatic rings. The number of nitrogens with two attached hydrogens (primary N) is 1. The molecular weight excluding hydrogens is 299 g/mol. The Morgan fingerprint density at radius 2 is 1.91 bits per heavy atom. The van der Waals surface area contributed by atoms with Gasteiger partial charge in [-0.1, -0.05) is 0 Å². The van der Waals surface area contributed by atoms with E-state index in [4.69, 9.17) is 10.5 Å². The first-order valence-electron chi connectivity index (χ1n) is 6.82. The van der Waals surface area contributed by atoms with Crippen LogP contribution in [0.2, 0.25) is 0 Å². The van der Waals surface area contributed by atoms with Crippen molar-refractivity contribution in [2.75, 3.05) is 45.6 Å². The number of ether oxygens (including phenoxy) is 1. The summed E-state index contributed by atoms with van der Waals surface area (Å²) in [5.74, 6) is 0.173. The van der Waals surface area contributed by atoms with Gasteiger partial charge in [-0.3, -0.25) is 9.69 Å². The molecule has 122 valence electrons. The van der Waals surface area contributed by atoms with Crippen molar-refractivity contribution in [3.8, 4) is 5.75 Å². The maximum Gasteiger partial charge on any atom is 0.401 e. The second-order valence-electron chi connectivity index (χ2n) is 5.14. The lowest BCUT2D eigenvalue weighted by Gasteiger charge is -2.35. The number of rotatable bonds is 3. The molecule has 0 saturated carbocycles. The first-order valence-corrected chi connectivity index (χ1v) is 6.82. The highest BCUT2D eigenvalue weighted by Crippen LogP contribution is 2.23. The summed E-state index contributed by atoms with van der Waals surface area (Å²) in [6, 6.07) is 4.70. The fourth-order valence-corrected chi connectivity index (χ4v) is 2.39. The number of nitrogen functional groups attached to an aromatic ring is 1. The average Bonchev–Trinajstić information content (AvgIpc) is 2.46. The molecule has 2 N–H and O–H groups in total. The number of halogens is 3. The van der Waals surface area contributed by atoms with E-state index in [0.29, 0.717) is 17.0 Å². The molecule has 1 fully saturated rings. The molecule has 0 spiro atoms. The van der Waals surface area contributed by atoms with E-state index in [9.17, 15) is 18.0 Å². The van der Waals surface area contributed by atoms with Crippen LogP contribution in [0.15, 0.2) is 18.2 Å². The molecule has 22 heavy (non-hydrogen) atoms. The summed E-state index contributed by atoms with van der Waals surface area (Å²) < 4.78 is 42.1. The minimum atomic E-state index is -4.21. The lowest BCUT2D eigenvalue weighted by Crippen LogP contribution is -2.50. The molecule has 0 unspecified atom stereocenters. The molecule has 1 heterocycles. The van der Waals surface area contributed by atoms with Gasteiger partial charge in [-0.05, 0) is 18.2 Å². The highest BCUT2D eigenvalue weighted by Gasteiger charge is 2.33. The maximum atomic E-state index is 12.4. The lowest BCUT2D eigenvalue weighted by atomic mass is 10.1. The minimum absolute atomic E-state index is 0.206. The zero-order chi connectivity index (χ0) is 16.3. The molecule has 8 heteroatoms. The Balaban J connectivity index is 1.98. The van der Waals surface area contributed by atoms with Crippen molar-refractivity contribution in [2.45, 2.75) is 6.18 Å². The van der Waals surface area contributed by atoms with Gasteiger partial charge in [0.15, 0.2) is 0 Å². The fraction of sp³-hybridized carbons (Fsp3) is 0.500. The Morgan fingerprint density at radius 1 is 1.27 bits per heavy atom. The number of carbonyl (C=O) groups excluding carboxylic acids is 1. The molecule has 1 aromatic carbocycles. The summed E-state index contributed by atoms with van der Waals surface area (Å²) in [5, 5.41) is 0. The van der Waals surface area contributed by atoms with Gasteiger partial charge in [0.1, 0.15) is 5.75 Å². The molecule has 0 aromatic heterocycles. The predicted octanol–water partition coefficient (Wildman–Crippen LogP) is 1.60. The van der Waals surface area contributed by atoms with Gasteiger partial charge in [-0.15, -0.1) is 0 Å². The van der Waals surface area contributed by atoms with Gasteiger partial charge >= 0.3 is 6.18 Å². The number of benzene rings is 1. The van der Waals surface area contributed by atoms with Gasteiger partial charge in [0.25, 0.3) is 5.91 Å². The number of methoxy groups -OCH3 is 1. The summed E-state index contributed by atoms with van der Waals surface area (Å²) in [5.41, 5.74) is 6.53. The molecule has 1 amide bonds. The second kappa shape index (κ2) is 6.43. The van der Waals surface area contributed by atoms with Crippen LogP contribution in [-0.2, 0) is 0 Å². The van der Waals surface area contributed by atoms with Crippen LogP contribution in [0, 0.1) is 0 Å². The van der Waals surface area contributed by atoms with Crippen LogP contribution in [0.3, 0.4) is 0 Å². The molecule has 1 aliphatic rings. The summed E-state index contributed by atoms with van der Waals surface area (Å²) in [6.07, 6.45) is -4.21. The normalized spacial score (nSPS) is 16.6. The number of carbonyl (C=O) groups is 1. The number of hydrogen-bond donors (Lipinski definition) is 1. The SMILES string of the molecule is COc1cc(C(=O)N2CCN(CC(F)(F)F)CC2)ccc1N. The van der Waals surface area contributed by atoms with Crippen molar-refractivity contribution in [3.05, 3.63) is 23.8 Å². The Bertz CT molecular complexity index is 541. The average molecular weight is 317 g/mol. The molecule has 1 saturated heterocycles. The Labute approximate surface area is 126 Å². The third-order valence-corrected chi connectivity index (χ3v) is 3.54. The van der Waals surface area contributed by atoms with Gasteiger partial charge in [0.2, 0.25) is 0 Å². The van der Waals surface area contributed by atoms with E-state index >= 15 is 0 Å². The molecular formula is C14H18F3N3O2. The number of piperazine rings is 1. The van der Waals surface area contributed by atoms with Gasteiger partial charge < -0.3 is 15.4 Å². The van der Waals surface area contributed by atoms with Crippen LogP contribution in [0.4, 0.5) is 18.9 Å². The molecule has 2 rings (SSSR count). The second-order valence-corrected chi connectivity index (χ2v) is 5.14. The summed E-state index contributed by atoms with van der Waals surface area (Å²) >= 11 is 0. The highest BCUT2D eigenvalue weighted by molar-refractivity contribution is 5.95. The third kappa shape index (κ3) is 4.03. The number of nitrogens with zero attached hydrogens (tertiary/aromatic N) is 2. The van der Waals surface area contributed by atoms with Gasteiger partial charge in [0.05, 0.1) is 19.3 Å². The Morgan fingerprint density at radius 3 is 2.45 bits per heavy atom. The van der Waals surface area contributed by atoms with E-state index in [0.717, 1.165) is 0 Å². The molecule has 0 radical (unpaired) electrons. The topological polar surface area (TPSA) is 58.8 Å². The summed E-state index contributed by atoms with van der Waals surface area (Å²) in [6.45, 7) is 0.00263. The van der Waals surface area contributed by atoms with Gasteiger partial charge in [-0.2, -0.15) is 13.2 Å². The zero-order valence-corrected chi connectivity index (χ0v) is 12.2. The van der Waals surface area contributed by atoms with Crippen LogP contribution >= 0.6 is 0 Å². The molecule has 1 aliphatic heterocycles. The Kier molecular flexibility index (Phi) is 4.80. The monoisotopic (exact) mass is 317 g/mol. The lowest BCUT2D eigenvalue weighted by molar-refractivity contribution is -0.148. The first kappa shape index (κ1) is 16.4. The van der Waals surface area contributed by atoms with E-state index < -0.39 is 12.7 Å². The van der Waals surface area contributed by atoms with E-state index in [1.165, 1.54) is 16.9 Å². The highest BCUT2D eigenvalue weighted by atomic mass is 19.4. The Hall–Kier alpha value is -1.96. The van der Waals surface area contributed by atoms with Crippen LogP contribution in [0.25, 0.3) is 0 Å². The van der Waals surface area contributed by atoms with Crippen molar-refractivity contribution in [1.82, 2.24) is 9.80 Å². The van der Waals surface area contributed by atoms with E-state index in [2.05, 4.69) is 0 Å². The van der Waals surface area contributed by atoms with Gasteiger partial charge in [0, 0.05) is 31.7 Å². The van der Waals surface area contributed by atoms with E-state index in [1.54, 1.807) is 18.2 Å². The van der Waals surface area contributed by atoms with Crippen LogP contribution in [0.1, 0.15) is 10.4 Å². The minimum Gasteiger partial charge on any atom is -0.495 e. The van der Waals surface area contributed by atoms with Crippen molar-refractivity contribution >= 4 is 11.6 Å². The number of anilines is 1. The smallest absolute Gasteiger partial charge is 0.401 e. The predicted molar refractivity (Wildman–Crippen MR) is 75.8 cm³/mol. The van der Waals surface area contributed by atoms with Crippen LogP contribution < -0.4 is 10.5 Å². The maximum absolute atomic E-state index is 12.4. The van der Waals surface area contributed by atoms with Crippen LogP contribution in [-0.4, -0.2) is 61.7 Å². The number of amides is 1. The fourth-order valence-electron chi connectivity index (χ4n) is 2.39. The molecule has 0 atom stereocenters. The van der Waals surface area contributed by atoms with Gasteiger partial charge in [-0.25, -0.2) is 0 Å². The largest absolute Gasteiger partial charge is 0.495 e. The van der Waals surface area contributed by atoms with E-state index in [-0.39, 0.29) is 32.1 Å². The summed E-state index contributed by atoms with van der Waals surface area (Å²) in [7, 11) is 1.45. The van der Waals surface area contributed by atoms with E-state index in [1.807, 2.05) is 0 Å². The number of alkyl halides is 3.